The number of carbonyl (C=O) groups excluding carboxylic acids is 2. The summed E-state index contributed by atoms with van der Waals surface area (Å²) in [5.41, 5.74) is 0. The molecule has 0 aliphatic rings. The molecule has 2 atom stereocenters. The van der Waals surface area contributed by atoms with Crippen LogP contribution in [0.4, 0.5) is 0 Å². The molecule has 440 valence electrons. The lowest BCUT2D eigenvalue weighted by Gasteiger charge is -2.24. The molecular weight excluding hydrogens is 966 g/mol. The SMILES string of the molecule is CC/C=C\C/C=C\C/C=C\C/C=C\CCCCCCCCCCCCCCCCCCCCCCCCCCC(=O)OC(COC(=O)CCCCCCC/C=C\C/C=C\C/C=C\CC)COP(=O)(O)OCC[N+](C)(C)C. The van der Waals surface area contributed by atoms with E-state index in [1.54, 1.807) is 0 Å². The van der Waals surface area contributed by atoms with Crippen molar-refractivity contribution in [3.05, 3.63) is 85.1 Å². The molecule has 0 aromatic heterocycles. The van der Waals surface area contributed by atoms with Gasteiger partial charge in [0.1, 0.15) is 19.8 Å². The summed E-state index contributed by atoms with van der Waals surface area (Å²) in [5, 5.41) is 0. The van der Waals surface area contributed by atoms with Crippen LogP contribution < -0.4 is 0 Å². The standard InChI is InChI=1S/C66H118NO8P/c1-6-8-10-12-14-16-18-20-22-23-24-25-26-27-28-29-30-31-32-33-34-35-36-37-38-39-40-41-42-43-45-47-49-51-53-55-57-59-66(69)75-64(63-74-76(70,71)73-61-60-67(3,4)5)62-72-65(68)58-56-54-52-50-48-46-44-21-19-17-15-13-11-9-7-2/h8-11,14-17,20-22,24-25,44,64H,6-7,12-13,18-19,23,26-43,45-63H2,1-5H3/p+1/b10-8-,11-9-,16-14-,17-15-,22-20-,25-24-,44-21-. The van der Waals surface area contributed by atoms with Gasteiger partial charge >= 0.3 is 19.8 Å². The van der Waals surface area contributed by atoms with E-state index in [-0.39, 0.29) is 32.0 Å². The second-order valence-corrected chi connectivity index (χ2v) is 23.5. The summed E-state index contributed by atoms with van der Waals surface area (Å²) < 4.78 is 34.5. The summed E-state index contributed by atoms with van der Waals surface area (Å²) >= 11 is 0. The van der Waals surface area contributed by atoms with Gasteiger partial charge in [-0.3, -0.25) is 18.6 Å². The maximum Gasteiger partial charge on any atom is 0.472 e. The minimum atomic E-state index is -4.39. The van der Waals surface area contributed by atoms with Crippen molar-refractivity contribution in [3.8, 4) is 0 Å². The van der Waals surface area contributed by atoms with Gasteiger partial charge in [0.15, 0.2) is 6.10 Å². The van der Waals surface area contributed by atoms with E-state index in [0.29, 0.717) is 17.4 Å². The van der Waals surface area contributed by atoms with Gasteiger partial charge in [0, 0.05) is 12.8 Å². The number of phosphoric acid groups is 1. The predicted octanol–water partition coefficient (Wildman–Crippen LogP) is 19.8. The monoisotopic (exact) mass is 1080 g/mol. The Morgan fingerprint density at radius 3 is 1.05 bits per heavy atom. The van der Waals surface area contributed by atoms with Gasteiger partial charge in [-0.1, -0.05) is 259 Å². The Kier molecular flexibility index (Phi) is 54.8. The van der Waals surface area contributed by atoms with E-state index >= 15 is 0 Å². The van der Waals surface area contributed by atoms with Gasteiger partial charge in [0.25, 0.3) is 0 Å². The van der Waals surface area contributed by atoms with Crippen molar-refractivity contribution in [3.63, 3.8) is 0 Å². The number of quaternary nitrogens is 1. The van der Waals surface area contributed by atoms with Gasteiger partial charge in [-0.05, 0) is 83.5 Å². The lowest BCUT2D eigenvalue weighted by Crippen LogP contribution is -2.37. The van der Waals surface area contributed by atoms with Crippen molar-refractivity contribution in [1.29, 1.82) is 0 Å². The molecule has 0 aromatic rings. The number of carbonyl (C=O) groups is 2. The minimum Gasteiger partial charge on any atom is -0.462 e. The van der Waals surface area contributed by atoms with E-state index in [0.717, 1.165) is 96.3 Å². The van der Waals surface area contributed by atoms with E-state index in [1.165, 1.54) is 141 Å². The van der Waals surface area contributed by atoms with Crippen LogP contribution in [0, 0.1) is 0 Å². The van der Waals surface area contributed by atoms with Crippen molar-refractivity contribution in [2.45, 2.75) is 277 Å². The largest absolute Gasteiger partial charge is 0.472 e. The molecule has 0 aromatic carbocycles. The summed E-state index contributed by atoms with van der Waals surface area (Å²) in [5.74, 6) is -0.811. The van der Waals surface area contributed by atoms with Crippen molar-refractivity contribution in [2.24, 2.45) is 0 Å². The van der Waals surface area contributed by atoms with E-state index in [1.807, 2.05) is 21.1 Å². The number of allylic oxidation sites excluding steroid dienone is 14. The van der Waals surface area contributed by atoms with E-state index in [9.17, 15) is 19.0 Å². The maximum absolute atomic E-state index is 12.8. The number of esters is 2. The molecule has 0 saturated carbocycles. The van der Waals surface area contributed by atoms with Crippen molar-refractivity contribution in [2.75, 3.05) is 47.5 Å². The number of nitrogens with zero attached hydrogens (tertiary/aromatic N) is 1. The van der Waals surface area contributed by atoms with Gasteiger partial charge in [0.2, 0.25) is 0 Å². The summed E-state index contributed by atoms with van der Waals surface area (Å²) in [6.45, 7) is 4.20. The van der Waals surface area contributed by atoms with Gasteiger partial charge in [0.05, 0.1) is 27.7 Å². The smallest absolute Gasteiger partial charge is 0.462 e. The van der Waals surface area contributed by atoms with Gasteiger partial charge in [-0.2, -0.15) is 0 Å². The Balaban J connectivity index is 3.95. The first kappa shape index (κ1) is 73.2. The van der Waals surface area contributed by atoms with Crippen LogP contribution in [0.25, 0.3) is 0 Å². The fourth-order valence-electron chi connectivity index (χ4n) is 8.67. The average molecular weight is 1090 g/mol. The Hall–Kier alpha value is -2.81. The summed E-state index contributed by atoms with van der Waals surface area (Å²) in [6.07, 6.45) is 76.9. The highest BCUT2D eigenvalue weighted by molar-refractivity contribution is 7.47. The van der Waals surface area contributed by atoms with Crippen LogP contribution in [-0.2, 0) is 32.7 Å². The molecular formula is C66H119NO8P+. The predicted molar refractivity (Wildman–Crippen MR) is 325 cm³/mol. The third kappa shape index (κ3) is 60.4. The molecule has 1 N–H and O–H groups in total. The third-order valence-corrected chi connectivity index (χ3v) is 14.4. The van der Waals surface area contributed by atoms with Crippen LogP contribution in [0.15, 0.2) is 85.1 Å². The Morgan fingerprint density at radius 2 is 0.711 bits per heavy atom. The molecule has 0 spiro atoms. The molecule has 10 heteroatoms. The number of hydrogen-bond acceptors (Lipinski definition) is 7. The van der Waals surface area contributed by atoms with E-state index < -0.39 is 26.5 Å². The molecule has 0 amide bonds. The van der Waals surface area contributed by atoms with Gasteiger partial charge in [-0.15, -0.1) is 0 Å². The van der Waals surface area contributed by atoms with Crippen LogP contribution in [-0.4, -0.2) is 74.9 Å². The van der Waals surface area contributed by atoms with Crippen molar-refractivity contribution >= 4 is 19.8 Å². The number of likely N-dealkylation sites (N-methyl/N-ethyl adjacent to an activating group) is 1. The number of ether oxygens (including phenoxy) is 2. The van der Waals surface area contributed by atoms with E-state index in [2.05, 4.69) is 98.9 Å². The summed E-state index contributed by atoms with van der Waals surface area (Å²) in [6, 6.07) is 0. The minimum absolute atomic E-state index is 0.0274. The molecule has 0 rings (SSSR count). The highest BCUT2D eigenvalue weighted by Crippen LogP contribution is 2.43. The molecule has 0 aliphatic carbocycles. The third-order valence-electron chi connectivity index (χ3n) is 13.4. The second-order valence-electron chi connectivity index (χ2n) is 22.0. The lowest BCUT2D eigenvalue weighted by molar-refractivity contribution is -0.870. The highest BCUT2D eigenvalue weighted by Gasteiger charge is 2.27. The molecule has 0 aliphatic heterocycles. The fourth-order valence-corrected chi connectivity index (χ4v) is 9.41. The van der Waals surface area contributed by atoms with Crippen LogP contribution >= 0.6 is 7.82 Å². The van der Waals surface area contributed by atoms with Crippen LogP contribution in [0.1, 0.15) is 271 Å². The van der Waals surface area contributed by atoms with Crippen LogP contribution in [0.2, 0.25) is 0 Å². The van der Waals surface area contributed by atoms with Crippen LogP contribution in [0.5, 0.6) is 0 Å². The summed E-state index contributed by atoms with van der Waals surface area (Å²) in [4.78, 5) is 35.7. The average Bonchev–Trinajstić information content (AvgIpc) is 3.38. The Labute approximate surface area is 469 Å². The topological polar surface area (TPSA) is 108 Å². The molecule has 0 radical (unpaired) electrons. The summed E-state index contributed by atoms with van der Waals surface area (Å²) in [7, 11) is 1.47. The Bertz CT molecular complexity index is 1560. The van der Waals surface area contributed by atoms with Crippen LogP contribution in [0.3, 0.4) is 0 Å². The number of rotatable bonds is 57. The number of hydrogen-bond donors (Lipinski definition) is 1. The first-order valence-electron chi connectivity index (χ1n) is 31.3. The Morgan fingerprint density at radius 1 is 0.408 bits per heavy atom. The molecule has 0 fully saturated rings. The lowest BCUT2D eigenvalue weighted by atomic mass is 10.0. The zero-order valence-electron chi connectivity index (χ0n) is 50.0. The molecule has 76 heavy (non-hydrogen) atoms. The highest BCUT2D eigenvalue weighted by atomic mass is 31.2. The number of unbranched alkanes of at least 4 members (excludes halogenated alkanes) is 29. The second kappa shape index (κ2) is 56.9. The number of phosphoric ester groups is 1. The molecule has 0 saturated heterocycles. The normalized spacial score (nSPS) is 13.8. The quantitative estimate of drug-likeness (QED) is 0.0211. The fraction of sp³-hybridized carbons (Fsp3) is 0.758. The van der Waals surface area contributed by atoms with Crippen molar-refractivity contribution < 1.29 is 42.1 Å². The maximum atomic E-state index is 12.8. The van der Waals surface area contributed by atoms with Gasteiger partial charge in [-0.25, -0.2) is 4.57 Å². The molecule has 0 bridgehead atoms. The first-order chi connectivity index (χ1) is 37.0. The zero-order chi connectivity index (χ0) is 55.6. The molecule has 2 unspecified atom stereocenters. The molecule has 9 nitrogen and oxygen atoms in total. The molecule has 0 heterocycles. The van der Waals surface area contributed by atoms with Gasteiger partial charge < -0.3 is 18.9 Å². The van der Waals surface area contributed by atoms with Crippen molar-refractivity contribution in [1.82, 2.24) is 0 Å². The zero-order valence-corrected chi connectivity index (χ0v) is 50.9. The van der Waals surface area contributed by atoms with E-state index in [4.69, 9.17) is 18.5 Å². The first-order valence-corrected chi connectivity index (χ1v) is 32.8.